The number of nitrogens with one attached hydrogen (secondary N) is 1. The number of anilines is 2. The Balaban J connectivity index is 1.61. The van der Waals surface area contributed by atoms with Crippen LogP contribution in [0.3, 0.4) is 0 Å². The fourth-order valence-corrected chi connectivity index (χ4v) is 4.99. The Bertz CT molecular complexity index is 1040. The number of amides is 4. The third-order valence-electron chi connectivity index (χ3n) is 5.45. The number of hydrogen-bond donors (Lipinski definition) is 1. The molecule has 0 bridgehead atoms. The van der Waals surface area contributed by atoms with Crippen LogP contribution in [0.1, 0.15) is 12.0 Å². The monoisotopic (exact) mass is 467 g/mol. The summed E-state index contributed by atoms with van der Waals surface area (Å²) in [4.78, 5) is 46.2. The minimum atomic E-state index is -0.563. The van der Waals surface area contributed by atoms with Crippen molar-refractivity contribution in [3.05, 3.63) is 39.3 Å². The van der Waals surface area contributed by atoms with Gasteiger partial charge in [-0.3, -0.25) is 19.8 Å². The Hall–Kier alpha value is -2.36. The highest BCUT2D eigenvalue weighted by atomic mass is 35.5. The lowest BCUT2D eigenvalue weighted by atomic mass is 9.81. The number of aromatic nitrogens is 1. The van der Waals surface area contributed by atoms with E-state index in [4.69, 9.17) is 23.2 Å². The summed E-state index contributed by atoms with van der Waals surface area (Å²) in [5.74, 6) is -1.10. The van der Waals surface area contributed by atoms with Gasteiger partial charge in [0, 0.05) is 49.9 Å². The minimum Gasteiger partial charge on any atom is -0.341 e. The molecule has 158 valence electrons. The van der Waals surface area contributed by atoms with E-state index in [0.29, 0.717) is 40.5 Å². The van der Waals surface area contributed by atoms with Gasteiger partial charge in [0.2, 0.25) is 0 Å². The van der Waals surface area contributed by atoms with Crippen molar-refractivity contribution in [2.24, 2.45) is 0 Å². The molecule has 30 heavy (non-hydrogen) atoms. The zero-order valence-electron chi connectivity index (χ0n) is 16.3. The number of halogens is 2. The summed E-state index contributed by atoms with van der Waals surface area (Å²) >= 11 is 13.3. The predicted molar refractivity (Wildman–Crippen MR) is 117 cm³/mol. The molecule has 1 aromatic carbocycles. The van der Waals surface area contributed by atoms with E-state index < -0.39 is 17.2 Å². The van der Waals surface area contributed by atoms with Gasteiger partial charge in [0.1, 0.15) is 4.34 Å². The van der Waals surface area contributed by atoms with Gasteiger partial charge in [0.25, 0.3) is 0 Å². The Kier molecular flexibility index (Phi) is 5.37. The molecule has 1 aromatic heterocycles. The molecule has 4 rings (SSSR count). The first-order valence-corrected chi connectivity index (χ1v) is 10.8. The van der Waals surface area contributed by atoms with Gasteiger partial charge in [-0.25, -0.2) is 9.78 Å². The first kappa shape index (κ1) is 20.9. The number of nitrogens with zero attached hydrogens (tertiary/aromatic N) is 4. The summed E-state index contributed by atoms with van der Waals surface area (Å²) in [5.41, 5.74) is 1.14. The van der Waals surface area contributed by atoms with E-state index in [-0.39, 0.29) is 6.03 Å². The molecule has 0 aliphatic carbocycles. The maximum Gasteiger partial charge on any atom is 0.328 e. The molecule has 2 aromatic rings. The maximum atomic E-state index is 13.0. The summed E-state index contributed by atoms with van der Waals surface area (Å²) in [6.07, 6.45) is 2.10. The fourth-order valence-electron chi connectivity index (χ4n) is 4.02. The van der Waals surface area contributed by atoms with Gasteiger partial charge in [-0.05, 0) is 30.2 Å². The van der Waals surface area contributed by atoms with Crippen molar-refractivity contribution in [3.8, 4) is 0 Å². The summed E-state index contributed by atoms with van der Waals surface area (Å²) in [7, 11) is 3.10. The zero-order chi connectivity index (χ0) is 21.6. The zero-order valence-corrected chi connectivity index (χ0v) is 18.6. The van der Waals surface area contributed by atoms with Crippen LogP contribution in [0.4, 0.5) is 15.6 Å². The highest BCUT2D eigenvalue weighted by Crippen LogP contribution is 2.47. The number of likely N-dealkylation sites (tertiary alicyclic amines) is 1. The summed E-state index contributed by atoms with van der Waals surface area (Å²) in [6, 6.07) is 5.03. The standard InChI is InChI=1S/C19H19Cl2N5O3S/c1-24(2)15(27)16(28)25-6-5-19(9-25)10-26(13-4-3-11(20)7-12(13)19)18(29)23-17-22-8-14(21)30-17/h3-4,7-8H,5-6,9-10H2,1-2H3,(H,22,23,29). The number of benzene rings is 1. The van der Waals surface area contributed by atoms with E-state index >= 15 is 0 Å². The molecular weight excluding hydrogens is 449 g/mol. The largest absolute Gasteiger partial charge is 0.341 e. The highest BCUT2D eigenvalue weighted by molar-refractivity contribution is 7.19. The molecule has 1 fully saturated rings. The molecule has 1 atom stereocenters. The topological polar surface area (TPSA) is 85.9 Å². The summed E-state index contributed by atoms with van der Waals surface area (Å²) in [5, 5.41) is 3.73. The normalized spacial score (nSPS) is 19.9. The van der Waals surface area contributed by atoms with Crippen molar-refractivity contribution in [1.29, 1.82) is 0 Å². The smallest absolute Gasteiger partial charge is 0.328 e. The number of fused-ring (bicyclic) bond motifs is 2. The van der Waals surface area contributed by atoms with Crippen LogP contribution in [0.2, 0.25) is 9.36 Å². The van der Waals surface area contributed by atoms with Crippen LogP contribution in [0, 0.1) is 0 Å². The molecule has 11 heteroatoms. The SMILES string of the molecule is CN(C)C(=O)C(=O)N1CCC2(C1)CN(C(=O)Nc1ncc(Cl)s1)c1ccc(Cl)cc12. The molecule has 4 amide bonds. The van der Waals surface area contributed by atoms with E-state index in [1.807, 2.05) is 6.07 Å². The predicted octanol–water partition coefficient (Wildman–Crippen LogP) is 3.06. The van der Waals surface area contributed by atoms with Crippen molar-refractivity contribution in [2.45, 2.75) is 11.8 Å². The van der Waals surface area contributed by atoms with Crippen LogP contribution in [0.25, 0.3) is 0 Å². The van der Waals surface area contributed by atoms with Gasteiger partial charge >= 0.3 is 17.8 Å². The Labute approximate surface area is 187 Å². The van der Waals surface area contributed by atoms with Crippen molar-refractivity contribution in [2.75, 3.05) is 43.9 Å². The second-order valence-corrected chi connectivity index (χ2v) is 9.70. The molecule has 1 unspecified atom stereocenters. The number of hydrogen-bond acceptors (Lipinski definition) is 5. The number of carbonyl (C=O) groups excluding carboxylic acids is 3. The number of rotatable bonds is 1. The minimum absolute atomic E-state index is 0.337. The number of urea groups is 1. The average Bonchev–Trinajstić information content (AvgIpc) is 3.39. The van der Waals surface area contributed by atoms with Gasteiger partial charge in [0.05, 0.1) is 6.20 Å². The van der Waals surface area contributed by atoms with Crippen LogP contribution in [-0.2, 0) is 15.0 Å². The molecule has 0 saturated carbocycles. The van der Waals surface area contributed by atoms with E-state index in [1.165, 1.54) is 22.4 Å². The maximum absolute atomic E-state index is 13.0. The number of carbonyl (C=O) groups is 3. The van der Waals surface area contributed by atoms with E-state index in [0.717, 1.165) is 11.3 Å². The van der Waals surface area contributed by atoms with Gasteiger partial charge < -0.3 is 9.80 Å². The summed E-state index contributed by atoms with van der Waals surface area (Å²) in [6.45, 7) is 1.14. The molecule has 1 spiro atoms. The Morgan fingerprint density at radius 3 is 2.67 bits per heavy atom. The van der Waals surface area contributed by atoms with Gasteiger partial charge in [-0.15, -0.1) is 0 Å². The fraction of sp³-hybridized carbons (Fsp3) is 0.368. The Morgan fingerprint density at radius 1 is 1.23 bits per heavy atom. The molecule has 0 radical (unpaired) electrons. The molecule has 1 saturated heterocycles. The van der Waals surface area contributed by atoms with Gasteiger partial charge in [-0.1, -0.05) is 34.5 Å². The molecule has 3 heterocycles. The Morgan fingerprint density at radius 2 is 2.00 bits per heavy atom. The van der Waals surface area contributed by atoms with Crippen molar-refractivity contribution >= 4 is 63.2 Å². The number of thiazole rings is 1. The van der Waals surface area contributed by atoms with E-state index in [9.17, 15) is 14.4 Å². The lowest BCUT2D eigenvalue weighted by Crippen LogP contribution is -2.44. The quantitative estimate of drug-likeness (QED) is 0.652. The average molecular weight is 468 g/mol. The van der Waals surface area contributed by atoms with Gasteiger partial charge in [-0.2, -0.15) is 0 Å². The van der Waals surface area contributed by atoms with Crippen LogP contribution >= 0.6 is 34.5 Å². The number of likely N-dealkylation sites (N-methyl/N-ethyl adjacent to an activating group) is 1. The van der Waals surface area contributed by atoms with Crippen LogP contribution in [0.5, 0.6) is 0 Å². The first-order valence-electron chi connectivity index (χ1n) is 9.21. The van der Waals surface area contributed by atoms with Crippen molar-refractivity contribution in [1.82, 2.24) is 14.8 Å². The van der Waals surface area contributed by atoms with E-state index in [1.54, 1.807) is 36.0 Å². The third kappa shape index (κ3) is 3.61. The van der Waals surface area contributed by atoms with Gasteiger partial charge in [0.15, 0.2) is 5.13 Å². The lowest BCUT2D eigenvalue weighted by molar-refractivity contribution is -0.149. The molecule has 2 aliphatic rings. The van der Waals surface area contributed by atoms with Crippen LogP contribution in [-0.4, -0.2) is 66.4 Å². The van der Waals surface area contributed by atoms with E-state index in [2.05, 4.69) is 10.3 Å². The second kappa shape index (κ2) is 7.72. The second-order valence-electron chi connectivity index (χ2n) is 7.60. The molecule has 8 nitrogen and oxygen atoms in total. The first-order chi connectivity index (χ1) is 14.2. The lowest BCUT2D eigenvalue weighted by Gasteiger charge is -2.26. The molecule has 2 aliphatic heterocycles. The third-order valence-corrected chi connectivity index (χ3v) is 6.71. The van der Waals surface area contributed by atoms with Crippen molar-refractivity contribution < 1.29 is 14.4 Å². The molecule has 1 N–H and O–H groups in total. The molecular formula is C19H19Cl2N5O3S. The van der Waals surface area contributed by atoms with Crippen LogP contribution in [0.15, 0.2) is 24.4 Å². The summed E-state index contributed by atoms with van der Waals surface area (Å²) < 4.78 is 0.478. The van der Waals surface area contributed by atoms with Crippen LogP contribution < -0.4 is 10.2 Å². The highest BCUT2D eigenvalue weighted by Gasteiger charge is 2.50. The van der Waals surface area contributed by atoms with Crippen molar-refractivity contribution in [3.63, 3.8) is 0 Å².